The van der Waals surface area contributed by atoms with Crippen LogP contribution in [0.1, 0.15) is 27.2 Å². The number of fused-ring (bicyclic) bond motifs is 1. The first-order valence-electron chi connectivity index (χ1n) is 6.11. The third-order valence-electron chi connectivity index (χ3n) is 3.01. The SMILES string of the molecule is CC(C)(C)CCN1C(=O)CNc2ccccc21. The van der Waals surface area contributed by atoms with E-state index in [0.29, 0.717) is 6.54 Å². The normalized spacial score (nSPS) is 15.5. The van der Waals surface area contributed by atoms with Crippen LogP contribution in [0.4, 0.5) is 11.4 Å². The van der Waals surface area contributed by atoms with E-state index in [2.05, 4.69) is 26.1 Å². The standard InChI is InChI=1S/C14H20N2O/c1-14(2,3)8-9-16-12-7-5-4-6-11(12)15-10-13(16)17/h4-7,15H,8-10H2,1-3H3. The van der Waals surface area contributed by atoms with Gasteiger partial charge < -0.3 is 10.2 Å². The highest BCUT2D eigenvalue weighted by Gasteiger charge is 2.24. The van der Waals surface area contributed by atoms with Crippen LogP contribution in [0.2, 0.25) is 0 Å². The van der Waals surface area contributed by atoms with Gasteiger partial charge in [0.05, 0.1) is 17.9 Å². The second-order valence-electron chi connectivity index (χ2n) is 5.73. The van der Waals surface area contributed by atoms with E-state index in [-0.39, 0.29) is 11.3 Å². The molecule has 0 aliphatic carbocycles. The van der Waals surface area contributed by atoms with Gasteiger partial charge in [-0.1, -0.05) is 32.9 Å². The van der Waals surface area contributed by atoms with Crippen molar-refractivity contribution in [3.8, 4) is 0 Å². The number of carbonyl (C=O) groups is 1. The van der Waals surface area contributed by atoms with Gasteiger partial charge in [-0.05, 0) is 24.0 Å². The number of para-hydroxylation sites is 2. The van der Waals surface area contributed by atoms with Crippen LogP contribution in [0.5, 0.6) is 0 Å². The lowest BCUT2D eigenvalue weighted by atomic mass is 9.92. The number of anilines is 2. The molecule has 0 bridgehead atoms. The summed E-state index contributed by atoms with van der Waals surface area (Å²) in [5.74, 6) is 0.160. The fourth-order valence-electron chi connectivity index (χ4n) is 1.95. The van der Waals surface area contributed by atoms with Gasteiger partial charge in [0.25, 0.3) is 0 Å². The zero-order chi connectivity index (χ0) is 12.5. The number of nitrogens with zero attached hydrogens (tertiary/aromatic N) is 1. The predicted molar refractivity (Wildman–Crippen MR) is 71.4 cm³/mol. The molecular formula is C14H20N2O. The molecule has 17 heavy (non-hydrogen) atoms. The zero-order valence-electron chi connectivity index (χ0n) is 10.8. The summed E-state index contributed by atoms with van der Waals surface area (Å²) in [5, 5.41) is 3.15. The summed E-state index contributed by atoms with van der Waals surface area (Å²) in [4.78, 5) is 13.8. The maximum atomic E-state index is 11.9. The van der Waals surface area contributed by atoms with Crippen molar-refractivity contribution in [2.75, 3.05) is 23.3 Å². The number of rotatable bonds is 2. The smallest absolute Gasteiger partial charge is 0.246 e. The Labute approximate surface area is 103 Å². The van der Waals surface area contributed by atoms with Crippen LogP contribution >= 0.6 is 0 Å². The summed E-state index contributed by atoms with van der Waals surface area (Å²) in [5.41, 5.74) is 2.31. The third kappa shape index (κ3) is 2.78. The average molecular weight is 232 g/mol. The van der Waals surface area contributed by atoms with Crippen molar-refractivity contribution in [1.29, 1.82) is 0 Å². The lowest BCUT2D eigenvalue weighted by Crippen LogP contribution is -2.41. The average Bonchev–Trinajstić information content (AvgIpc) is 2.26. The highest BCUT2D eigenvalue weighted by Crippen LogP contribution is 2.30. The molecule has 0 saturated heterocycles. The van der Waals surface area contributed by atoms with Crippen LogP contribution in [-0.4, -0.2) is 19.0 Å². The molecule has 0 fully saturated rings. The minimum atomic E-state index is 0.160. The number of carbonyl (C=O) groups excluding carboxylic acids is 1. The molecule has 0 atom stereocenters. The van der Waals surface area contributed by atoms with Gasteiger partial charge in [-0.3, -0.25) is 4.79 Å². The van der Waals surface area contributed by atoms with E-state index in [1.165, 1.54) is 0 Å². The maximum Gasteiger partial charge on any atom is 0.246 e. The number of nitrogens with one attached hydrogen (secondary N) is 1. The topological polar surface area (TPSA) is 32.3 Å². The molecule has 1 N–H and O–H groups in total. The molecule has 3 heteroatoms. The van der Waals surface area contributed by atoms with Gasteiger partial charge in [-0.15, -0.1) is 0 Å². The molecule has 0 unspecified atom stereocenters. The van der Waals surface area contributed by atoms with Crippen molar-refractivity contribution in [2.45, 2.75) is 27.2 Å². The molecule has 3 nitrogen and oxygen atoms in total. The van der Waals surface area contributed by atoms with Crippen LogP contribution in [0, 0.1) is 5.41 Å². The van der Waals surface area contributed by atoms with Crippen LogP contribution in [0.3, 0.4) is 0 Å². The molecule has 1 amide bonds. The summed E-state index contributed by atoms with van der Waals surface area (Å²) in [7, 11) is 0. The van der Waals surface area contributed by atoms with Gasteiger partial charge in [-0.2, -0.15) is 0 Å². The Kier molecular flexibility index (Phi) is 3.09. The predicted octanol–water partition coefficient (Wildman–Crippen LogP) is 2.88. The summed E-state index contributed by atoms with van der Waals surface area (Å²) >= 11 is 0. The van der Waals surface area contributed by atoms with Gasteiger partial charge >= 0.3 is 0 Å². The van der Waals surface area contributed by atoms with Crippen molar-refractivity contribution in [1.82, 2.24) is 0 Å². The van der Waals surface area contributed by atoms with Crippen LogP contribution in [0.25, 0.3) is 0 Å². The summed E-state index contributed by atoms with van der Waals surface area (Å²) in [6, 6.07) is 7.99. The monoisotopic (exact) mass is 232 g/mol. The Morgan fingerprint density at radius 2 is 2.00 bits per heavy atom. The Hall–Kier alpha value is -1.51. The third-order valence-corrected chi connectivity index (χ3v) is 3.01. The quantitative estimate of drug-likeness (QED) is 0.850. The fourth-order valence-corrected chi connectivity index (χ4v) is 1.95. The fraction of sp³-hybridized carbons (Fsp3) is 0.500. The van der Waals surface area contributed by atoms with Crippen molar-refractivity contribution in [3.63, 3.8) is 0 Å². The van der Waals surface area contributed by atoms with Crippen LogP contribution < -0.4 is 10.2 Å². The number of benzene rings is 1. The minimum Gasteiger partial charge on any atom is -0.374 e. The first-order chi connectivity index (χ1) is 7.97. The molecule has 0 aromatic heterocycles. The van der Waals surface area contributed by atoms with Crippen molar-refractivity contribution < 1.29 is 4.79 Å². The molecule has 1 heterocycles. The molecule has 1 aromatic rings. The summed E-state index contributed by atoms with van der Waals surface area (Å²) in [6.45, 7) is 7.80. The van der Waals surface area contributed by atoms with Crippen molar-refractivity contribution in [3.05, 3.63) is 24.3 Å². The molecule has 1 aliphatic heterocycles. The van der Waals surface area contributed by atoms with E-state index in [9.17, 15) is 4.79 Å². The van der Waals surface area contributed by atoms with Gasteiger partial charge in [0.15, 0.2) is 0 Å². The van der Waals surface area contributed by atoms with Crippen LogP contribution in [0.15, 0.2) is 24.3 Å². The van der Waals surface area contributed by atoms with Gasteiger partial charge in [-0.25, -0.2) is 0 Å². The van der Waals surface area contributed by atoms with E-state index in [0.717, 1.165) is 24.3 Å². The number of amides is 1. The Morgan fingerprint density at radius 1 is 1.29 bits per heavy atom. The largest absolute Gasteiger partial charge is 0.374 e. The van der Waals surface area contributed by atoms with Gasteiger partial charge in [0.2, 0.25) is 5.91 Å². The zero-order valence-corrected chi connectivity index (χ0v) is 10.8. The van der Waals surface area contributed by atoms with Crippen molar-refractivity contribution in [2.24, 2.45) is 5.41 Å². The molecular weight excluding hydrogens is 212 g/mol. The molecule has 0 radical (unpaired) electrons. The highest BCUT2D eigenvalue weighted by atomic mass is 16.2. The lowest BCUT2D eigenvalue weighted by molar-refractivity contribution is -0.117. The Morgan fingerprint density at radius 3 is 2.71 bits per heavy atom. The van der Waals surface area contributed by atoms with Gasteiger partial charge in [0, 0.05) is 6.54 Å². The molecule has 1 aromatic carbocycles. The minimum absolute atomic E-state index is 0.160. The first-order valence-corrected chi connectivity index (χ1v) is 6.11. The molecule has 2 rings (SSSR count). The van der Waals surface area contributed by atoms with E-state index in [1.54, 1.807) is 0 Å². The van der Waals surface area contributed by atoms with E-state index < -0.39 is 0 Å². The molecule has 0 spiro atoms. The number of hydrogen-bond acceptors (Lipinski definition) is 2. The highest BCUT2D eigenvalue weighted by molar-refractivity contribution is 6.02. The summed E-state index contributed by atoms with van der Waals surface area (Å²) < 4.78 is 0. The molecule has 1 aliphatic rings. The maximum absolute atomic E-state index is 11.9. The Bertz CT molecular complexity index is 420. The van der Waals surface area contributed by atoms with E-state index in [4.69, 9.17) is 0 Å². The van der Waals surface area contributed by atoms with E-state index in [1.807, 2.05) is 29.2 Å². The molecule has 0 saturated carbocycles. The van der Waals surface area contributed by atoms with Crippen molar-refractivity contribution >= 4 is 17.3 Å². The molecule has 92 valence electrons. The van der Waals surface area contributed by atoms with Gasteiger partial charge in [0.1, 0.15) is 0 Å². The first kappa shape index (κ1) is 12.0. The van der Waals surface area contributed by atoms with E-state index >= 15 is 0 Å². The number of hydrogen-bond donors (Lipinski definition) is 1. The summed E-state index contributed by atoms with van der Waals surface area (Å²) in [6.07, 6.45) is 1.01. The second-order valence-corrected chi connectivity index (χ2v) is 5.73. The Balaban J connectivity index is 2.18. The van der Waals surface area contributed by atoms with Crippen LogP contribution in [-0.2, 0) is 4.79 Å². The lowest BCUT2D eigenvalue weighted by Gasteiger charge is -2.32. The second kappa shape index (κ2) is 4.40.